The van der Waals surface area contributed by atoms with E-state index in [2.05, 4.69) is 15.3 Å². The molecular formula is C14H10N4O2. The first-order chi connectivity index (χ1) is 9.74. The fourth-order valence-corrected chi connectivity index (χ4v) is 1.79. The Balaban J connectivity index is 1.92. The number of carboxylic acids is 1. The molecule has 0 radical (unpaired) electrons. The third-order valence-corrected chi connectivity index (χ3v) is 2.79. The Kier molecular flexibility index (Phi) is 2.96. The fraction of sp³-hybridized carbons (Fsp3) is 0. The van der Waals surface area contributed by atoms with Crippen LogP contribution < -0.4 is 0 Å². The van der Waals surface area contributed by atoms with Crippen LogP contribution in [0.25, 0.3) is 16.9 Å². The highest BCUT2D eigenvalue weighted by molar-refractivity contribution is 5.85. The Morgan fingerprint density at radius 3 is 2.45 bits per heavy atom. The number of carbonyl (C=O) groups is 1. The van der Waals surface area contributed by atoms with Crippen molar-refractivity contribution in [3.8, 4) is 16.9 Å². The van der Waals surface area contributed by atoms with Crippen molar-refractivity contribution in [3.05, 3.63) is 60.6 Å². The van der Waals surface area contributed by atoms with Crippen LogP contribution in [0.5, 0.6) is 0 Å². The monoisotopic (exact) mass is 266 g/mol. The molecule has 2 heterocycles. The summed E-state index contributed by atoms with van der Waals surface area (Å²) in [6.45, 7) is 0. The number of nitrogens with zero attached hydrogens (tertiary/aromatic N) is 4. The molecule has 0 unspecified atom stereocenters. The van der Waals surface area contributed by atoms with Gasteiger partial charge < -0.3 is 5.11 Å². The quantitative estimate of drug-likeness (QED) is 0.784. The number of benzene rings is 1. The largest absolute Gasteiger partial charge is 0.476 e. The molecule has 3 aromatic rings. The van der Waals surface area contributed by atoms with Crippen molar-refractivity contribution < 1.29 is 9.90 Å². The molecule has 20 heavy (non-hydrogen) atoms. The van der Waals surface area contributed by atoms with Gasteiger partial charge in [0.2, 0.25) is 0 Å². The molecule has 3 rings (SSSR count). The summed E-state index contributed by atoms with van der Waals surface area (Å²) in [4.78, 5) is 10.7. The van der Waals surface area contributed by atoms with Gasteiger partial charge in [-0.2, -0.15) is 5.10 Å². The Labute approximate surface area is 114 Å². The van der Waals surface area contributed by atoms with Crippen molar-refractivity contribution in [2.24, 2.45) is 0 Å². The van der Waals surface area contributed by atoms with Crippen molar-refractivity contribution in [3.63, 3.8) is 0 Å². The molecule has 1 N–H and O–H groups in total. The Bertz CT molecular complexity index is 735. The normalized spacial score (nSPS) is 10.4. The SMILES string of the molecule is O=C(O)c1ccc(-n2cc(-c3ccccc3)cn2)nn1. The molecule has 0 fully saturated rings. The van der Waals surface area contributed by atoms with Crippen molar-refractivity contribution in [1.82, 2.24) is 20.0 Å². The third-order valence-electron chi connectivity index (χ3n) is 2.79. The summed E-state index contributed by atoms with van der Waals surface area (Å²) in [5, 5.41) is 20.5. The molecule has 1 aromatic carbocycles. The van der Waals surface area contributed by atoms with Gasteiger partial charge >= 0.3 is 5.97 Å². The van der Waals surface area contributed by atoms with Crippen LogP contribution in [0.3, 0.4) is 0 Å². The van der Waals surface area contributed by atoms with Gasteiger partial charge in [-0.3, -0.25) is 0 Å². The summed E-state index contributed by atoms with van der Waals surface area (Å²) in [5.74, 6) is -0.633. The summed E-state index contributed by atoms with van der Waals surface area (Å²) in [6.07, 6.45) is 3.54. The van der Waals surface area contributed by atoms with Crippen LogP contribution in [0, 0.1) is 0 Å². The predicted octanol–water partition coefficient (Wildman–Crippen LogP) is 2.03. The maximum absolute atomic E-state index is 10.7. The minimum atomic E-state index is -1.10. The van der Waals surface area contributed by atoms with E-state index in [1.165, 1.54) is 6.07 Å². The molecule has 0 aliphatic carbocycles. The molecule has 0 aliphatic heterocycles. The summed E-state index contributed by atoms with van der Waals surface area (Å²) in [7, 11) is 0. The highest BCUT2D eigenvalue weighted by atomic mass is 16.4. The lowest BCUT2D eigenvalue weighted by Gasteiger charge is -1.99. The van der Waals surface area contributed by atoms with Gasteiger partial charge in [0.1, 0.15) is 0 Å². The topological polar surface area (TPSA) is 80.9 Å². The Morgan fingerprint density at radius 1 is 1.00 bits per heavy atom. The molecule has 6 nitrogen and oxygen atoms in total. The summed E-state index contributed by atoms with van der Waals surface area (Å²) in [6, 6.07) is 12.8. The number of aromatic carboxylic acids is 1. The number of rotatable bonds is 3. The second kappa shape index (κ2) is 4.93. The molecule has 2 aromatic heterocycles. The molecule has 0 atom stereocenters. The molecule has 0 saturated heterocycles. The van der Waals surface area contributed by atoms with Gasteiger partial charge in [-0.1, -0.05) is 30.3 Å². The zero-order chi connectivity index (χ0) is 13.9. The maximum Gasteiger partial charge on any atom is 0.356 e. The maximum atomic E-state index is 10.7. The zero-order valence-corrected chi connectivity index (χ0v) is 10.3. The Hall–Kier alpha value is -3.02. The van der Waals surface area contributed by atoms with Gasteiger partial charge in [0, 0.05) is 11.8 Å². The van der Waals surface area contributed by atoms with E-state index in [0.29, 0.717) is 5.82 Å². The first-order valence-corrected chi connectivity index (χ1v) is 5.91. The highest BCUT2D eigenvalue weighted by Crippen LogP contribution is 2.18. The van der Waals surface area contributed by atoms with E-state index in [1.54, 1.807) is 16.9 Å². The van der Waals surface area contributed by atoms with Gasteiger partial charge in [0.15, 0.2) is 11.5 Å². The van der Waals surface area contributed by atoms with E-state index in [9.17, 15) is 4.79 Å². The van der Waals surface area contributed by atoms with E-state index in [4.69, 9.17) is 5.11 Å². The van der Waals surface area contributed by atoms with Gasteiger partial charge in [-0.25, -0.2) is 9.48 Å². The van der Waals surface area contributed by atoms with Gasteiger partial charge in [0.25, 0.3) is 0 Å². The summed E-state index contributed by atoms with van der Waals surface area (Å²) in [5.41, 5.74) is 1.91. The lowest BCUT2D eigenvalue weighted by Crippen LogP contribution is -2.05. The van der Waals surface area contributed by atoms with Crippen LogP contribution in [0.2, 0.25) is 0 Å². The molecule has 0 spiro atoms. The second-order valence-electron chi connectivity index (χ2n) is 4.12. The van der Waals surface area contributed by atoms with Crippen LogP contribution in [0.1, 0.15) is 10.5 Å². The van der Waals surface area contributed by atoms with Crippen LogP contribution in [-0.4, -0.2) is 31.1 Å². The second-order valence-corrected chi connectivity index (χ2v) is 4.12. The summed E-state index contributed by atoms with van der Waals surface area (Å²) >= 11 is 0. The Morgan fingerprint density at radius 2 is 1.80 bits per heavy atom. The fourth-order valence-electron chi connectivity index (χ4n) is 1.79. The molecule has 98 valence electrons. The van der Waals surface area contributed by atoms with E-state index < -0.39 is 5.97 Å². The first-order valence-electron chi connectivity index (χ1n) is 5.91. The molecular weight excluding hydrogens is 256 g/mol. The molecule has 0 aliphatic rings. The van der Waals surface area contributed by atoms with Crippen LogP contribution in [0.4, 0.5) is 0 Å². The van der Waals surface area contributed by atoms with Gasteiger partial charge in [-0.05, 0) is 17.7 Å². The first kappa shape index (κ1) is 12.0. The number of hydrogen-bond acceptors (Lipinski definition) is 4. The standard InChI is InChI=1S/C14H10N4O2/c19-14(20)12-6-7-13(17-16-12)18-9-11(8-15-18)10-4-2-1-3-5-10/h1-9H,(H,19,20). The van der Waals surface area contributed by atoms with Crippen molar-refractivity contribution in [2.45, 2.75) is 0 Å². The molecule has 0 amide bonds. The number of aromatic nitrogens is 4. The highest BCUT2D eigenvalue weighted by Gasteiger charge is 2.07. The predicted molar refractivity (Wildman–Crippen MR) is 71.5 cm³/mol. The van der Waals surface area contributed by atoms with Crippen molar-refractivity contribution >= 4 is 5.97 Å². The minimum absolute atomic E-state index is 0.0933. The van der Waals surface area contributed by atoms with Crippen LogP contribution in [-0.2, 0) is 0 Å². The van der Waals surface area contributed by atoms with Crippen molar-refractivity contribution in [2.75, 3.05) is 0 Å². The third kappa shape index (κ3) is 2.26. The van der Waals surface area contributed by atoms with E-state index >= 15 is 0 Å². The minimum Gasteiger partial charge on any atom is -0.476 e. The summed E-state index contributed by atoms with van der Waals surface area (Å²) < 4.78 is 1.56. The average Bonchev–Trinajstić information content (AvgIpc) is 2.98. The van der Waals surface area contributed by atoms with E-state index in [-0.39, 0.29) is 5.69 Å². The lowest BCUT2D eigenvalue weighted by molar-refractivity contribution is 0.0689. The van der Waals surface area contributed by atoms with Crippen molar-refractivity contribution in [1.29, 1.82) is 0 Å². The number of carboxylic acid groups (broad SMARTS) is 1. The van der Waals surface area contributed by atoms with Crippen LogP contribution >= 0.6 is 0 Å². The van der Waals surface area contributed by atoms with E-state index in [0.717, 1.165) is 11.1 Å². The van der Waals surface area contributed by atoms with Crippen LogP contribution in [0.15, 0.2) is 54.9 Å². The molecule has 6 heteroatoms. The van der Waals surface area contributed by atoms with Gasteiger partial charge in [-0.15, -0.1) is 10.2 Å². The van der Waals surface area contributed by atoms with Gasteiger partial charge in [0.05, 0.1) is 6.20 Å². The average molecular weight is 266 g/mol. The zero-order valence-electron chi connectivity index (χ0n) is 10.3. The number of hydrogen-bond donors (Lipinski definition) is 1. The lowest BCUT2D eigenvalue weighted by atomic mass is 10.1. The molecule has 0 saturated carbocycles. The molecule has 0 bridgehead atoms. The smallest absolute Gasteiger partial charge is 0.356 e. The van der Waals surface area contributed by atoms with E-state index in [1.807, 2.05) is 36.5 Å².